The Hall–Kier alpha value is -2.66. The van der Waals surface area contributed by atoms with Gasteiger partial charge in [0.15, 0.2) is 0 Å². The van der Waals surface area contributed by atoms with E-state index in [2.05, 4.69) is 10.4 Å². The van der Waals surface area contributed by atoms with Gasteiger partial charge in [-0.3, -0.25) is 9.48 Å². The Morgan fingerprint density at radius 2 is 2.00 bits per heavy atom. The van der Waals surface area contributed by atoms with Crippen LogP contribution in [0.3, 0.4) is 0 Å². The number of carbonyl (C=O) groups excluding carboxylic acids is 1. The van der Waals surface area contributed by atoms with Crippen LogP contribution in [0.1, 0.15) is 15.9 Å². The summed E-state index contributed by atoms with van der Waals surface area (Å²) in [7, 11) is 0. The Morgan fingerprint density at radius 3 is 2.65 bits per heavy atom. The highest BCUT2D eigenvalue weighted by Gasteiger charge is 2.10. The van der Waals surface area contributed by atoms with E-state index >= 15 is 0 Å². The summed E-state index contributed by atoms with van der Waals surface area (Å²) in [6.45, 7) is 0.626. The van der Waals surface area contributed by atoms with Crippen molar-refractivity contribution in [2.45, 2.75) is 6.54 Å². The summed E-state index contributed by atoms with van der Waals surface area (Å²) in [6.07, 6.45) is 3.58. The average molecular weight is 330 g/mol. The largest absolute Gasteiger partial charge is 0.319 e. The number of nitrogens with one attached hydrogen (secondary N) is 1. The summed E-state index contributed by atoms with van der Waals surface area (Å²) in [5, 5.41) is 6.94. The molecular formula is C17H13ClFN3O. The molecular weight excluding hydrogens is 317 g/mol. The SMILES string of the molecule is O=C(Nc1ccc(Cl)cc1F)c1ccc(Cn2cccn2)cc1. The number of nitrogens with zero attached hydrogens (tertiary/aromatic N) is 2. The molecule has 2 aromatic carbocycles. The van der Waals surface area contributed by atoms with Crippen molar-refractivity contribution in [3.8, 4) is 0 Å². The number of hydrogen-bond acceptors (Lipinski definition) is 2. The minimum Gasteiger partial charge on any atom is -0.319 e. The van der Waals surface area contributed by atoms with E-state index in [-0.39, 0.29) is 16.6 Å². The van der Waals surface area contributed by atoms with Gasteiger partial charge in [0.1, 0.15) is 5.82 Å². The van der Waals surface area contributed by atoms with Crippen LogP contribution in [0.5, 0.6) is 0 Å². The number of aromatic nitrogens is 2. The molecule has 116 valence electrons. The minimum atomic E-state index is -0.568. The molecule has 0 spiro atoms. The molecule has 0 aliphatic heterocycles. The lowest BCUT2D eigenvalue weighted by atomic mass is 10.1. The van der Waals surface area contributed by atoms with E-state index in [1.54, 1.807) is 23.0 Å². The smallest absolute Gasteiger partial charge is 0.255 e. The Bertz CT molecular complexity index is 816. The van der Waals surface area contributed by atoms with Crippen molar-refractivity contribution < 1.29 is 9.18 Å². The van der Waals surface area contributed by atoms with Crippen molar-refractivity contribution in [2.75, 3.05) is 5.32 Å². The van der Waals surface area contributed by atoms with E-state index in [1.807, 2.05) is 24.4 Å². The fourth-order valence-electron chi connectivity index (χ4n) is 2.13. The molecule has 0 aliphatic rings. The summed E-state index contributed by atoms with van der Waals surface area (Å²) in [5.74, 6) is -0.946. The van der Waals surface area contributed by atoms with Gasteiger partial charge in [0.2, 0.25) is 0 Å². The Labute approximate surface area is 137 Å². The van der Waals surface area contributed by atoms with Crippen LogP contribution in [-0.2, 0) is 6.54 Å². The Kier molecular flexibility index (Phi) is 4.39. The lowest BCUT2D eigenvalue weighted by Crippen LogP contribution is -2.13. The molecule has 0 saturated heterocycles. The zero-order valence-electron chi connectivity index (χ0n) is 12.0. The first-order valence-corrected chi connectivity index (χ1v) is 7.32. The highest BCUT2D eigenvalue weighted by atomic mass is 35.5. The number of amides is 1. The van der Waals surface area contributed by atoms with Crippen molar-refractivity contribution in [1.29, 1.82) is 0 Å². The van der Waals surface area contributed by atoms with Crippen LogP contribution in [0.4, 0.5) is 10.1 Å². The van der Waals surface area contributed by atoms with E-state index in [1.165, 1.54) is 12.1 Å². The van der Waals surface area contributed by atoms with Crippen molar-refractivity contribution in [2.24, 2.45) is 0 Å². The molecule has 0 radical (unpaired) electrons. The fourth-order valence-corrected chi connectivity index (χ4v) is 2.29. The molecule has 1 N–H and O–H groups in total. The number of carbonyl (C=O) groups is 1. The molecule has 1 amide bonds. The molecule has 1 aromatic heterocycles. The molecule has 0 aliphatic carbocycles. The molecule has 0 bridgehead atoms. The van der Waals surface area contributed by atoms with Crippen LogP contribution in [-0.4, -0.2) is 15.7 Å². The summed E-state index contributed by atoms with van der Waals surface area (Å²) in [5.41, 5.74) is 1.56. The molecule has 1 heterocycles. The van der Waals surface area contributed by atoms with Gasteiger partial charge in [-0.05, 0) is 42.0 Å². The third-order valence-electron chi connectivity index (χ3n) is 3.30. The first-order valence-electron chi connectivity index (χ1n) is 6.94. The van der Waals surface area contributed by atoms with Gasteiger partial charge in [0.25, 0.3) is 5.91 Å². The second-order valence-electron chi connectivity index (χ2n) is 4.98. The van der Waals surface area contributed by atoms with Crippen molar-refractivity contribution in [3.05, 3.63) is 82.9 Å². The molecule has 0 saturated carbocycles. The zero-order valence-corrected chi connectivity index (χ0v) is 12.8. The second kappa shape index (κ2) is 6.62. The maximum atomic E-state index is 13.7. The van der Waals surface area contributed by atoms with Gasteiger partial charge >= 0.3 is 0 Å². The normalized spacial score (nSPS) is 10.5. The van der Waals surface area contributed by atoms with Gasteiger partial charge in [-0.1, -0.05) is 23.7 Å². The predicted octanol–water partition coefficient (Wildman–Crippen LogP) is 3.98. The van der Waals surface area contributed by atoms with Gasteiger partial charge < -0.3 is 5.32 Å². The van der Waals surface area contributed by atoms with Crippen molar-refractivity contribution in [3.63, 3.8) is 0 Å². The lowest BCUT2D eigenvalue weighted by molar-refractivity contribution is 0.102. The van der Waals surface area contributed by atoms with E-state index in [0.29, 0.717) is 12.1 Å². The van der Waals surface area contributed by atoms with Crippen LogP contribution >= 0.6 is 11.6 Å². The maximum absolute atomic E-state index is 13.7. The quantitative estimate of drug-likeness (QED) is 0.787. The molecule has 4 nitrogen and oxygen atoms in total. The first-order chi connectivity index (χ1) is 11.1. The Morgan fingerprint density at radius 1 is 1.22 bits per heavy atom. The van der Waals surface area contributed by atoms with Gasteiger partial charge in [0, 0.05) is 23.0 Å². The van der Waals surface area contributed by atoms with Crippen LogP contribution < -0.4 is 5.32 Å². The highest BCUT2D eigenvalue weighted by Crippen LogP contribution is 2.19. The number of hydrogen-bond donors (Lipinski definition) is 1. The molecule has 23 heavy (non-hydrogen) atoms. The van der Waals surface area contributed by atoms with Crippen molar-refractivity contribution in [1.82, 2.24) is 9.78 Å². The maximum Gasteiger partial charge on any atom is 0.255 e. The summed E-state index contributed by atoms with van der Waals surface area (Å²) >= 11 is 5.69. The molecule has 6 heteroatoms. The first kappa shape index (κ1) is 15.2. The number of anilines is 1. The number of halogens is 2. The van der Waals surface area contributed by atoms with E-state index in [0.717, 1.165) is 11.6 Å². The molecule has 0 fully saturated rings. The standard InChI is InChI=1S/C17H13ClFN3O/c18-14-6-7-16(15(19)10-14)21-17(23)13-4-2-12(3-5-13)11-22-9-1-8-20-22/h1-10H,11H2,(H,21,23). The second-order valence-corrected chi connectivity index (χ2v) is 5.42. The van der Waals surface area contributed by atoms with Crippen LogP contribution in [0.25, 0.3) is 0 Å². The summed E-state index contributed by atoms with van der Waals surface area (Å²) < 4.78 is 15.5. The fraction of sp³-hybridized carbons (Fsp3) is 0.0588. The van der Waals surface area contributed by atoms with Crippen LogP contribution in [0, 0.1) is 5.82 Å². The van der Waals surface area contributed by atoms with Gasteiger partial charge in [-0.15, -0.1) is 0 Å². The molecule has 3 rings (SSSR count). The van der Waals surface area contributed by atoms with Gasteiger partial charge in [-0.25, -0.2) is 4.39 Å². The van der Waals surface area contributed by atoms with E-state index in [9.17, 15) is 9.18 Å². The van der Waals surface area contributed by atoms with Crippen LogP contribution in [0.2, 0.25) is 5.02 Å². The highest BCUT2D eigenvalue weighted by molar-refractivity contribution is 6.30. The minimum absolute atomic E-state index is 0.0972. The summed E-state index contributed by atoms with van der Waals surface area (Å²) in [6, 6.07) is 13.0. The van der Waals surface area contributed by atoms with Crippen molar-refractivity contribution >= 4 is 23.2 Å². The summed E-state index contributed by atoms with van der Waals surface area (Å²) in [4.78, 5) is 12.2. The third kappa shape index (κ3) is 3.76. The molecule has 0 unspecified atom stereocenters. The average Bonchev–Trinajstić information content (AvgIpc) is 3.04. The van der Waals surface area contributed by atoms with Gasteiger partial charge in [-0.2, -0.15) is 5.10 Å². The van der Waals surface area contributed by atoms with Crippen LogP contribution in [0.15, 0.2) is 60.9 Å². The monoisotopic (exact) mass is 329 g/mol. The van der Waals surface area contributed by atoms with Gasteiger partial charge in [0.05, 0.1) is 12.2 Å². The predicted molar refractivity (Wildman–Crippen MR) is 87.1 cm³/mol. The molecule has 0 atom stereocenters. The van der Waals surface area contributed by atoms with E-state index in [4.69, 9.17) is 11.6 Å². The van der Waals surface area contributed by atoms with E-state index < -0.39 is 5.82 Å². The topological polar surface area (TPSA) is 46.9 Å². The number of benzene rings is 2. The number of rotatable bonds is 4. The lowest BCUT2D eigenvalue weighted by Gasteiger charge is -2.08. The zero-order chi connectivity index (χ0) is 16.2. The third-order valence-corrected chi connectivity index (χ3v) is 3.53. The Balaban J connectivity index is 1.70. The molecule has 3 aromatic rings.